The van der Waals surface area contributed by atoms with Crippen molar-refractivity contribution in [3.05, 3.63) is 40.9 Å². The summed E-state index contributed by atoms with van der Waals surface area (Å²) in [5, 5.41) is 11.2. The molecule has 1 aromatic heterocycles. The molecule has 1 atom stereocenters. The van der Waals surface area contributed by atoms with Crippen LogP contribution in [0.15, 0.2) is 50.2 Å². The molecular weight excluding hydrogens is 466 g/mol. The first-order valence-electron chi connectivity index (χ1n) is 8.62. The Balaban J connectivity index is 1.85. The van der Waals surface area contributed by atoms with Crippen molar-refractivity contribution in [2.45, 2.75) is 29.5 Å². The first-order valence-corrected chi connectivity index (χ1v) is 11.8. The highest BCUT2D eigenvalue weighted by Crippen LogP contribution is 2.39. The predicted molar refractivity (Wildman–Crippen MR) is 113 cm³/mol. The number of rotatable bonds is 3. The molecule has 1 fully saturated rings. The third-order valence-corrected chi connectivity index (χ3v) is 8.69. The van der Waals surface area contributed by atoms with Gasteiger partial charge in [0.1, 0.15) is 17.2 Å². The molecule has 6 nitrogen and oxygen atoms in total. The number of carboxylic acid groups (broad SMARTS) is 1. The van der Waals surface area contributed by atoms with Gasteiger partial charge in [0, 0.05) is 32.3 Å². The zero-order valence-corrected chi connectivity index (χ0v) is 18.4. The zero-order chi connectivity index (χ0) is 20.3. The van der Waals surface area contributed by atoms with Crippen LogP contribution in [0.1, 0.15) is 13.8 Å². The fourth-order valence-corrected chi connectivity index (χ4v) is 7.12. The van der Waals surface area contributed by atoms with E-state index in [1.165, 1.54) is 17.8 Å². The number of hydrogen-bond acceptors (Lipinski definition) is 5. The Morgan fingerprint density at radius 1 is 1.21 bits per heavy atom. The Kier molecular flexibility index (Phi) is 4.77. The smallest absolute Gasteiger partial charge is 0.323 e. The summed E-state index contributed by atoms with van der Waals surface area (Å²) >= 11 is 4.87. The van der Waals surface area contributed by atoms with Gasteiger partial charge in [-0.1, -0.05) is 15.9 Å². The molecule has 4 rings (SSSR count). The van der Waals surface area contributed by atoms with Crippen molar-refractivity contribution >= 4 is 65.6 Å². The molecule has 0 bridgehead atoms. The van der Waals surface area contributed by atoms with Crippen molar-refractivity contribution in [3.8, 4) is 0 Å². The van der Waals surface area contributed by atoms with Crippen LogP contribution in [0.3, 0.4) is 0 Å². The Bertz CT molecular complexity index is 1200. The van der Waals surface area contributed by atoms with E-state index in [1.54, 1.807) is 26.0 Å². The molecule has 1 N–H and O–H groups in total. The molecule has 1 aliphatic rings. The van der Waals surface area contributed by atoms with Crippen LogP contribution < -0.4 is 0 Å². The van der Waals surface area contributed by atoms with Gasteiger partial charge in [0.15, 0.2) is 0 Å². The maximum atomic E-state index is 13.4. The van der Waals surface area contributed by atoms with Gasteiger partial charge in [-0.05, 0) is 50.2 Å². The van der Waals surface area contributed by atoms with E-state index in [9.17, 15) is 18.3 Å². The number of thioether (sulfide) groups is 1. The molecule has 1 saturated heterocycles. The van der Waals surface area contributed by atoms with Crippen molar-refractivity contribution in [1.29, 1.82) is 0 Å². The lowest BCUT2D eigenvalue weighted by atomic mass is 10.0. The lowest BCUT2D eigenvalue weighted by Crippen LogP contribution is -2.58. The summed E-state index contributed by atoms with van der Waals surface area (Å²) in [4.78, 5) is 12.0. The van der Waals surface area contributed by atoms with Gasteiger partial charge < -0.3 is 9.52 Å². The maximum absolute atomic E-state index is 13.4. The molecule has 0 radical (unpaired) electrons. The minimum absolute atomic E-state index is 0.0690. The van der Waals surface area contributed by atoms with Crippen LogP contribution in [0.5, 0.6) is 0 Å². The number of aliphatic carboxylic acids is 1. The van der Waals surface area contributed by atoms with Crippen molar-refractivity contribution in [2.75, 3.05) is 12.3 Å². The van der Waals surface area contributed by atoms with Crippen molar-refractivity contribution < 1.29 is 22.7 Å². The number of furan rings is 1. The maximum Gasteiger partial charge on any atom is 0.323 e. The van der Waals surface area contributed by atoms with E-state index in [4.69, 9.17) is 4.42 Å². The van der Waals surface area contributed by atoms with E-state index >= 15 is 0 Å². The quantitative estimate of drug-likeness (QED) is 0.596. The van der Waals surface area contributed by atoms with Gasteiger partial charge in [-0.3, -0.25) is 4.79 Å². The van der Waals surface area contributed by atoms with Gasteiger partial charge in [0.2, 0.25) is 10.0 Å². The minimum Gasteiger partial charge on any atom is -0.480 e. The standard InChI is InChI=1S/C19H18BrNO5S2/c1-19(2)17(18(22)23)21(7-8-27-19)28(24,25)12-4-6-15-14(10-12)13-5-3-11(20)9-16(13)26-15/h3-6,9-10,17H,7-8H2,1-2H3,(H,22,23). The number of halogens is 1. The number of hydrogen-bond donors (Lipinski definition) is 1. The van der Waals surface area contributed by atoms with Crippen LogP contribution in [0, 0.1) is 0 Å². The molecule has 148 valence electrons. The van der Waals surface area contributed by atoms with E-state index in [2.05, 4.69) is 15.9 Å². The van der Waals surface area contributed by atoms with E-state index < -0.39 is 26.8 Å². The summed E-state index contributed by atoms with van der Waals surface area (Å²) in [5.41, 5.74) is 1.23. The third-order valence-electron chi connectivity index (χ3n) is 4.98. The van der Waals surface area contributed by atoms with Crippen molar-refractivity contribution in [2.24, 2.45) is 0 Å². The topological polar surface area (TPSA) is 87.8 Å². The highest BCUT2D eigenvalue weighted by atomic mass is 79.9. The van der Waals surface area contributed by atoms with Gasteiger partial charge in [-0.2, -0.15) is 16.1 Å². The van der Waals surface area contributed by atoms with Gasteiger partial charge in [0.05, 0.1) is 4.90 Å². The molecule has 0 spiro atoms. The van der Waals surface area contributed by atoms with Crippen LogP contribution in [-0.2, 0) is 14.8 Å². The van der Waals surface area contributed by atoms with Gasteiger partial charge >= 0.3 is 5.97 Å². The summed E-state index contributed by atoms with van der Waals surface area (Å²) in [7, 11) is -3.99. The highest BCUT2D eigenvalue weighted by molar-refractivity contribution is 9.10. The lowest BCUT2D eigenvalue weighted by Gasteiger charge is -2.42. The summed E-state index contributed by atoms with van der Waals surface area (Å²) in [6.07, 6.45) is 0. The second kappa shape index (κ2) is 6.76. The number of carboxylic acids is 1. The summed E-state index contributed by atoms with van der Waals surface area (Å²) in [6, 6.07) is 9.08. The summed E-state index contributed by atoms with van der Waals surface area (Å²) < 4.78 is 33.8. The normalized spacial score (nSPS) is 20.6. The van der Waals surface area contributed by atoms with Crippen LogP contribution in [-0.4, -0.2) is 46.9 Å². The van der Waals surface area contributed by atoms with E-state index in [-0.39, 0.29) is 11.4 Å². The number of carbonyl (C=O) groups is 1. The molecule has 1 aliphatic heterocycles. The van der Waals surface area contributed by atoms with Crippen LogP contribution in [0.25, 0.3) is 21.9 Å². The first kappa shape index (κ1) is 19.8. The largest absolute Gasteiger partial charge is 0.480 e. The van der Waals surface area contributed by atoms with Gasteiger partial charge in [0.25, 0.3) is 0 Å². The SMILES string of the molecule is CC1(C)SCCN(S(=O)(=O)c2ccc3oc4cc(Br)ccc4c3c2)C1C(=O)O. The average molecular weight is 484 g/mol. The van der Waals surface area contributed by atoms with E-state index in [0.29, 0.717) is 22.3 Å². The fourth-order valence-electron chi connectivity index (χ4n) is 3.66. The monoisotopic (exact) mass is 483 g/mol. The number of sulfonamides is 1. The average Bonchev–Trinajstić information content (AvgIpc) is 2.96. The molecule has 2 heterocycles. The van der Waals surface area contributed by atoms with Crippen molar-refractivity contribution in [3.63, 3.8) is 0 Å². The van der Waals surface area contributed by atoms with Gasteiger partial charge in [-0.25, -0.2) is 8.42 Å². The third kappa shape index (κ3) is 3.14. The summed E-state index contributed by atoms with van der Waals surface area (Å²) in [6.45, 7) is 3.69. The Morgan fingerprint density at radius 2 is 1.96 bits per heavy atom. The van der Waals surface area contributed by atoms with E-state index in [1.807, 2.05) is 18.2 Å². The zero-order valence-electron chi connectivity index (χ0n) is 15.2. The van der Waals surface area contributed by atoms with E-state index in [0.717, 1.165) is 14.2 Å². The van der Waals surface area contributed by atoms with Crippen LogP contribution >= 0.6 is 27.7 Å². The van der Waals surface area contributed by atoms with Crippen LogP contribution in [0.2, 0.25) is 0 Å². The lowest BCUT2D eigenvalue weighted by molar-refractivity contribution is -0.142. The molecular formula is C19H18BrNO5S2. The Hall–Kier alpha value is -1.55. The van der Waals surface area contributed by atoms with Crippen LogP contribution in [0.4, 0.5) is 0 Å². The molecule has 28 heavy (non-hydrogen) atoms. The molecule has 0 saturated carbocycles. The Labute approximate surface area is 175 Å². The molecule has 0 aliphatic carbocycles. The molecule has 2 aromatic carbocycles. The van der Waals surface area contributed by atoms with Crippen molar-refractivity contribution in [1.82, 2.24) is 4.31 Å². The van der Waals surface area contributed by atoms with Gasteiger partial charge in [-0.15, -0.1) is 0 Å². The second-order valence-corrected chi connectivity index (χ2v) is 11.8. The molecule has 0 amide bonds. The number of benzene rings is 2. The molecule has 9 heteroatoms. The fraction of sp³-hybridized carbons (Fsp3) is 0.316. The molecule has 1 unspecified atom stereocenters. The number of nitrogens with zero attached hydrogens (tertiary/aromatic N) is 1. The Morgan fingerprint density at radius 3 is 2.68 bits per heavy atom. The predicted octanol–water partition coefficient (Wildman–Crippen LogP) is 4.32. The number of fused-ring (bicyclic) bond motifs is 3. The first-order chi connectivity index (χ1) is 13.1. The minimum atomic E-state index is -3.99. The molecule has 3 aromatic rings. The summed E-state index contributed by atoms with van der Waals surface area (Å²) in [5.74, 6) is -0.596. The highest BCUT2D eigenvalue weighted by Gasteiger charge is 2.48. The second-order valence-electron chi connectivity index (χ2n) is 7.21.